The Hall–Kier alpha value is -1.06. The third-order valence-corrected chi connectivity index (χ3v) is 4.78. The molecule has 1 aromatic carbocycles. The molecule has 0 amide bonds. The Morgan fingerprint density at radius 3 is 2.15 bits per heavy atom. The van der Waals surface area contributed by atoms with Crippen molar-refractivity contribution < 1.29 is 0 Å². The number of rotatable bonds is 4. The number of nitrogens with zero attached hydrogens (tertiary/aromatic N) is 2. The maximum Gasteiger partial charge on any atom is 0.0367 e. The molecule has 1 heterocycles. The molecule has 2 rings (SSSR count). The van der Waals surface area contributed by atoms with Crippen LogP contribution in [0, 0.1) is 0 Å². The van der Waals surface area contributed by atoms with Crippen LogP contribution in [-0.4, -0.2) is 44.2 Å². The van der Waals surface area contributed by atoms with Gasteiger partial charge in [-0.3, -0.25) is 4.90 Å². The molecule has 0 saturated carbocycles. The van der Waals surface area contributed by atoms with Gasteiger partial charge in [-0.05, 0) is 52.1 Å². The zero-order chi connectivity index (χ0) is 14.7. The number of nitrogens with one attached hydrogen (secondary N) is 1. The second-order valence-corrected chi connectivity index (χ2v) is 6.11. The van der Waals surface area contributed by atoms with E-state index in [1.54, 1.807) is 0 Å². The Morgan fingerprint density at radius 2 is 1.70 bits per heavy atom. The van der Waals surface area contributed by atoms with Gasteiger partial charge in [0.1, 0.15) is 0 Å². The molecule has 0 bridgehead atoms. The molecule has 20 heavy (non-hydrogen) atoms. The van der Waals surface area contributed by atoms with Crippen molar-refractivity contribution in [2.24, 2.45) is 0 Å². The summed E-state index contributed by atoms with van der Waals surface area (Å²) in [5.74, 6) is 0. The fourth-order valence-corrected chi connectivity index (χ4v) is 3.14. The molecule has 3 nitrogen and oxygen atoms in total. The van der Waals surface area contributed by atoms with Crippen LogP contribution in [0.15, 0.2) is 24.3 Å². The van der Waals surface area contributed by atoms with Gasteiger partial charge < -0.3 is 10.2 Å². The molecule has 1 aliphatic heterocycles. The SMILES string of the molecule is CCC(NC)c1ccc(N2CC(C)N(C)C(C)C2)cc1. The molecule has 112 valence electrons. The van der Waals surface area contributed by atoms with Crippen LogP contribution >= 0.6 is 0 Å². The Kier molecular flexibility index (Phi) is 5.06. The van der Waals surface area contributed by atoms with Gasteiger partial charge in [0.2, 0.25) is 0 Å². The van der Waals surface area contributed by atoms with Crippen molar-refractivity contribution >= 4 is 5.69 Å². The molecule has 3 atom stereocenters. The predicted molar refractivity (Wildman–Crippen MR) is 87.4 cm³/mol. The van der Waals surface area contributed by atoms with Crippen molar-refractivity contribution in [3.63, 3.8) is 0 Å². The average molecular weight is 275 g/mol. The summed E-state index contributed by atoms with van der Waals surface area (Å²) < 4.78 is 0. The summed E-state index contributed by atoms with van der Waals surface area (Å²) in [6, 6.07) is 10.8. The largest absolute Gasteiger partial charge is 0.368 e. The number of anilines is 1. The molecule has 0 aliphatic carbocycles. The summed E-state index contributed by atoms with van der Waals surface area (Å²) in [5, 5.41) is 3.37. The van der Waals surface area contributed by atoms with E-state index in [2.05, 4.69) is 67.2 Å². The quantitative estimate of drug-likeness (QED) is 0.911. The standard InChI is InChI=1S/C17H29N3/c1-6-17(18-4)15-7-9-16(10-8-15)20-11-13(2)19(5)14(3)12-20/h7-10,13-14,17-18H,6,11-12H2,1-5H3. The van der Waals surface area contributed by atoms with E-state index in [9.17, 15) is 0 Å². The molecule has 0 radical (unpaired) electrons. The second kappa shape index (κ2) is 6.59. The molecule has 0 aromatic heterocycles. The molecule has 0 spiro atoms. The van der Waals surface area contributed by atoms with Gasteiger partial charge in [-0.1, -0.05) is 19.1 Å². The highest BCUT2D eigenvalue weighted by Crippen LogP contribution is 2.24. The number of piperazine rings is 1. The van der Waals surface area contributed by atoms with Crippen LogP contribution in [0.25, 0.3) is 0 Å². The maximum absolute atomic E-state index is 3.37. The minimum Gasteiger partial charge on any atom is -0.368 e. The minimum absolute atomic E-state index is 0.467. The first-order chi connectivity index (χ1) is 9.56. The number of hydrogen-bond acceptors (Lipinski definition) is 3. The van der Waals surface area contributed by atoms with Crippen LogP contribution in [0.3, 0.4) is 0 Å². The van der Waals surface area contributed by atoms with E-state index in [0.29, 0.717) is 18.1 Å². The van der Waals surface area contributed by atoms with E-state index in [1.165, 1.54) is 11.3 Å². The maximum atomic E-state index is 3.37. The van der Waals surface area contributed by atoms with Crippen LogP contribution in [0.2, 0.25) is 0 Å². The Labute approximate surface area is 124 Å². The lowest BCUT2D eigenvalue weighted by Gasteiger charge is -2.43. The van der Waals surface area contributed by atoms with E-state index in [4.69, 9.17) is 0 Å². The van der Waals surface area contributed by atoms with Crippen molar-refractivity contribution in [1.29, 1.82) is 0 Å². The lowest BCUT2D eigenvalue weighted by atomic mass is 10.0. The number of benzene rings is 1. The van der Waals surface area contributed by atoms with E-state index in [-0.39, 0.29) is 0 Å². The van der Waals surface area contributed by atoms with Gasteiger partial charge in [0.15, 0.2) is 0 Å². The molecule has 1 fully saturated rings. The molecule has 3 heteroatoms. The average Bonchev–Trinajstić information content (AvgIpc) is 2.46. The fraction of sp³-hybridized carbons (Fsp3) is 0.647. The summed E-state index contributed by atoms with van der Waals surface area (Å²) in [5.41, 5.74) is 2.74. The van der Waals surface area contributed by atoms with Gasteiger partial charge in [0.25, 0.3) is 0 Å². The van der Waals surface area contributed by atoms with Crippen molar-refractivity contribution in [2.45, 2.75) is 45.3 Å². The molecule has 1 N–H and O–H groups in total. The lowest BCUT2D eigenvalue weighted by Crippen LogP contribution is -2.55. The van der Waals surface area contributed by atoms with E-state index in [0.717, 1.165) is 19.5 Å². The van der Waals surface area contributed by atoms with Gasteiger partial charge in [-0.2, -0.15) is 0 Å². The summed E-state index contributed by atoms with van der Waals surface area (Å²) in [6.45, 7) is 9.07. The van der Waals surface area contributed by atoms with Gasteiger partial charge in [0.05, 0.1) is 0 Å². The normalized spacial score (nSPS) is 25.8. The minimum atomic E-state index is 0.467. The van der Waals surface area contributed by atoms with Crippen LogP contribution in [0.4, 0.5) is 5.69 Å². The highest BCUT2D eigenvalue weighted by Gasteiger charge is 2.26. The zero-order valence-corrected chi connectivity index (χ0v) is 13.6. The van der Waals surface area contributed by atoms with Crippen molar-refractivity contribution in [3.05, 3.63) is 29.8 Å². The van der Waals surface area contributed by atoms with Crippen molar-refractivity contribution in [3.8, 4) is 0 Å². The first kappa shape index (κ1) is 15.3. The van der Waals surface area contributed by atoms with Crippen molar-refractivity contribution in [1.82, 2.24) is 10.2 Å². The van der Waals surface area contributed by atoms with E-state index < -0.39 is 0 Å². The van der Waals surface area contributed by atoms with Gasteiger partial charge in [-0.25, -0.2) is 0 Å². The zero-order valence-electron chi connectivity index (χ0n) is 13.6. The second-order valence-electron chi connectivity index (χ2n) is 6.11. The first-order valence-electron chi connectivity index (χ1n) is 7.80. The summed E-state index contributed by atoms with van der Waals surface area (Å²) in [6.07, 6.45) is 1.12. The Morgan fingerprint density at radius 1 is 1.15 bits per heavy atom. The number of likely N-dealkylation sites (N-methyl/N-ethyl adjacent to an activating group) is 1. The Bertz CT molecular complexity index is 399. The van der Waals surface area contributed by atoms with Crippen LogP contribution < -0.4 is 10.2 Å². The molecule has 1 aromatic rings. The third kappa shape index (κ3) is 3.15. The topological polar surface area (TPSA) is 18.5 Å². The van der Waals surface area contributed by atoms with Gasteiger partial charge in [-0.15, -0.1) is 0 Å². The molecule has 1 saturated heterocycles. The van der Waals surface area contributed by atoms with Gasteiger partial charge in [0, 0.05) is 36.9 Å². The number of hydrogen-bond donors (Lipinski definition) is 1. The first-order valence-corrected chi connectivity index (χ1v) is 7.80. The summed E-state index contributed by atoms with van der Waals surface area (Å²) in [7, 11) is 4.26. The Balaban J connectivity index is 2.10. The fourth-order valence-electron chi connectivity index (χ4n) is 3.14. The monoisotopic (exact) mass is 275 g/mol. The molecule has 3 unspecified atom stereocenters. The van der Waals surface area contributed by atoms with Crippen LogP contribution in [0.1, 0.15) is 38.8 Å². The molecular formula is C17H29N3. The lowest BCUT2D eigenvalue weighted by molar-refractivity contribution is 0.170. The van der Waals surface area contributed by atoms with Crippen LogP contribution in [-0.2, 0) is 0 Å². The summed E-state index contributed by atoms with van der Waals surface area (Å²) in [4.78, 5) is 4.98. The highest BCUT2D eigenvalue weighted by molar-refractivity contribution is 5.49. The van der Waals surface area contributed by atoms with E-state index in [1.807, 2.05) is 7.05 Å². The summed E-state index contributed by atoms with van der Waals surface area (Å²) >= 11 is 0. The smallest absolute Gasteiger partial charge is 0.0367 e. The van der Waals surface area contributed by atoms with E-state index >= 15 is 0 Å². The molecular weight excluding hydrogens is 246 g/mol. The van der Waals surface area contributed by atoms with Gasteiger partial charge >= 0.3 is 0 Å². The van der Waals surface area contributed by atoms with Crippen molar-refractivity contribution in [2.75, 3.05) is 32.1 Å². The predicted octanol–water partition coefficient (Wildman–Crippen LogP) is 2.89. The highest BCUT2D eigenvalue weighted by atomic mass is 15.3. The van der Waals surface area contributed by atoms with Crippen LogP contribution in [0.5, 0.6) is 0 Å². The third-order valence-electron chi connectivity index (χ3n) is 4.78. The molecule has 1 aliphatic rings.